The van der Waals surface area contributed by atoms with Gasteiger partial charge >= 0.3 is 12.0 Å². The number of carboxylic acids is 1. The molecule has 0 saturated heterocycles. The van der Waals surface area contributed by atoms with Crippen LogP contribution in [0.3, 0.4) is 0 Å². The maximum Gasteiger partial charge on any atom is 0.323 e. The van der Waals surface area contributed by atoms with Crippen molar-refractivity contribution < 1.29 is 14.7 Å². The molecule has 0 atom stereocenters. The van der Waals surface area contributed by atoms with Crippen molar-refractivity contribution >= 4 is 17.7 Å². The molecule has 0 saturated carbocycles. The minimum absolute atomic E-state index is 0.344. The molecular formula is C14H20N2O3. The molecule has 0 aliphatic rings. The van der Waals surface area contributed by atoms with Gasteiger partial charge in [0, 0.05) is 12.2 Å². The lowest BCUT2D eigenvalue weighted by atomic mass is 10.2. The lowest BCUT2D eigenvalue weighted by Crippen LogP contribution is -2.43. The molecule has 0 radical (unpaired) electrons. The third kappa shape index (κ3) is 5.42. The topological polar surface area (TPSA) is 69.6 Å². The molecule has 0 heterocycles. The summed E-state index contributed by atoms with van der Waals surface area (Å²) in [7, 11) is 0. The first kappa shape index (κ1) is 15.0. The van der Waals surface area contributed by atoms with Crippen molar-refractivity contribution in [2.24, 2.45) is 0 Å². The molecule has 0 bridgehead atoms. The second kappa shape index (κ2) is 8.13. The van der Waals surface area contributed by atoms with Crippen LogP contribution in [-0.4, -0.2) is 30.2 Å². The highest BCUT2D eigenvalue weighted by atomic mass is 16.4. The number of anilines is 1. The van der Waals surface area contributed by atoms with E-state index < -0.39 is 5.97 Å². The van der Waals surface area contributed by atoms with E-state index in [9.17, 15) is 9.59 Å². The molecule has 0 aliphatic carbocycles. The van der Waals surface area contributed by atoms with Gasteiger partial charge in [-0.25, -0.2) is 4.79 Å². The summed E-state index contributed by atoms with van der Waals surface area (Å²) in [6, 6.07) is 8.43. The monoisotopic (exact) mass is 264 g/mol. The Bertz CT molecular complexity index is 406. The van der Waals surface area contributed by atoms with Crippen LogP contribution in [0, 0.1) is 0 Å². The van der Waals surface area contributed by atoms with Crippen LogP contribution >= 0.6 is 0 Å². The molecule has 0 spiro atoms. The molecule has 5 heteroatoms. The Hall–Kier alpha value is -2.04. The average Bonchev–Trinajstić information content (AvgIpc) is 2.41. The van der Waals surface area contributed by atoms with Crippen LogP contribution in [0.25, 0.3) is 0 Å². The number of aliphatic carboxylic acids is 1. The standard InChI is InChI=1S/C14H20N2O3/c1-2-3-7-10-15-14(19)16(11-13(17)18)12-8-5-4-6-9-12/h4-6,8-9H,2-3,7,10-11H2,1H3,(H,15,19)(H,17,18). The zero-order valence-corrected chi connectivity index (χ0v) is 11.1. The number of amides is 2. The summed E-state index contributed by atoms with van der Waals surface area (Å²) in [5.41, 5.74) is 0.581. The van der Waals surface area contributed by atoms with Crippen LogP contribution in [0.2, 0.25) is 0 Å². The second-order valence-electron chi connectivity index (χ2n) is 4.25. The number of carbonyl (C=O) groups is 2. The van der Waals surface area contributed by atoms with Gasteiger partial charge in [-0.3, -0.25) is 9.69 Å². The third-order valence-electron chi connectivity index (χ3n) is 2.66. The van der Waals surface area contributed by atoms with E-state index in [1.165, 1.54) is 4.90 Å². The van der Waals surface area contributed by atoms with Gasteiger partial charge in [-0.05, 0) is 18.6 Å². The lowest BCUT2D eigenvalue weighted by molar-refractivity contribution is -0.135. The SMILES string of the molecule is CCCCCNC(=O)N(CC(=O)O)c1ccccc1. The van der Waals surface area contributed by atoms with E-state index >= 15 is 0 Å². The van der Waals surface area contributed by atoms with E-state index in [0.29, 0.717) is 12.2 Å². The fraction of sp³-hybridized carbons (Fsp3) is 0.429. The highest BCUT2D eigenvalue weighted by molar-refractivity contribution is 5.96. The largest absolute Gasteiger partial charge is 0.480 e. The van der Waals surface area contributed by atoms with Crippen molar-refractivity contribution in [1.29, 1.82) is 0 Å². The van der Waals surface area contributed by atoms with Crippen molar-refractivity contribution in [2.75, 3.05) is 18.0 Å². The summed E-state index contributed by atoms with van der Waals surface area (Å²) in [4.78, 5) is 24.1. The highest BCUT2D eigenvalue weighted by Crippen LogP contribution is 2.13. The van der Waals surface area contributed by atoms with Crippen molar-refractivity contribution in [3.8, 4) is 0 Å². The molecule has 0 aromatic heterocycles. The Kier molecular flexibility index (Phi) is 6.43. The van der Waals surface area contributed by atoms with Gasteiger partial charge in [-0.1, -0.05) is 38.0 Å². The number of nitrogens with one attached hydrogen (secondary N) is 1. The summed E-state index contributed by atoms with van der Waals surface area (Å²) < 4.78 is 0. The lowest BCUT2D eigenvalue weighted by Gasteiger charge is -2.21. The number of rotatable bonds is 7. The van der Waals surface area contributed by atoms with Gasteiger partial charge in [0.1, 0.15) is 6.54 Å². The first-order valence-corrected chi connectivity index (χ1v) is 6.47. The van der Waals surface area contributed by atoms with E-state index in [1.807, 2.05) is 6.07 Å². The maximum absolute atomic E-state index is 12.0. The molecule has 5 nitrogen and oxygen atoms in total. The Morgan fingerprint density at radius 1 is 1.21 bits per heavy atom. The fourth-order valence-corrected chi connectivity index (χ4v) is 1.69. The first-order valence-electron chi connectivity index (χ1n) is 6.47. The zero-order valence-electron chi connectivity index (χ0n) is 11.1. The Morgan fingerprint density at radius 3 is 2.47 bits per heavy atom. The third-order valence-corrected chi connectivity index (χ3v) is 2.66. The number of unbranched alkanes of at least 4 members (excludes halogenated alkanes) is 2. The van der Waals surface area contributed by atoms with Crippen LogP contribution in [0.4, 0.5) is 10.5 Å². The number of benzene rings is 1. The van der Waals surface area contributed by atoms with Gasteiger partial charge in [0.15, 0.2) is 0 Å². The summed E-state index contributed by atoms with van der Waals surface area (Å²) >= 11 is 0. The summed E-state index contributed by atoms with van der Waals surface area (Å²) in [5, 5.41) is 11.6. The van der Waals surface area contributed by atoms with E-state index in [0.717, 1.165) is 19.3 Å². The molecule has 1 aromatic carbocycles. The van der Waals surface area contributed by atoms with E-state index in [1.54, 1.807) is 24.3 Å². The van der Waals surface area contributed by atoms with Crippen LogP contribution in [0.15, 0.2) is 30.3 Å². The molecule has 1 aromatic rings. The molecule has 2 amide bonds. The Morgan fingerprint density at radius 2 is 1.89 bits per heavy atom. The quantitative estimate of drug-likeness (QED) is 0.743. The van der Waals surface area contributed by atoms with E-state index in [4.69, 9.17) is 5.11 Å². The van der Waals surface area contributed by atoms with Crippen molar-refractivity contribution in [3.63, 3.8) is 0 Å². The molecule has 2 N–H and O–H groups in total. The number of para-hydroxylation sites is 1. The summed E-state index contributed by atoms with van der Waals surface area (Å²) in [6.45, 7) is 2.31. The minimum atomic E-state index is -1.03. The van der Waals surface area contributed by atoms with Gasteiger partial charge < -0.3 is 10.4 Å². The molecule has 0 fully saturated rings. The van der Waals surface area contributed by atoms with Gasteiger partial charge in [-0.2, -0.15) is 0 Å². The van der Waals surface area contributed by atoms with Crippen LogP contribution in [0.1, 0.15) is 26.2 Å². The first-order chi connectivity index (χ1) is 9.15. The van der Waals surface area contributed by atoms with Crippen LogP contribution < -0.4 is 10.2 Å². The molecular weight excluding hydrogens is 244 g/mol. The smallest absolute Gasteiger partial charge is 0.323 e. The van der Waals surface area contributed by atoms with E-state index in [-0.39, 0.29) is 12.6 Å². The minimum Gasteiger partial charge on any atom is -0.480 e. The molecule has 0 aliphatic heterocycles. The molecule has 19 heavy (non-hydrogen) atoms. The molecule has 104 valence electrons. The maximum atomic E-state index is 12.0. The summed E-state index contributed by atoms with van der Waals surface area (Å²) in [5.74, 6) is -1.03. The van der Waals surface area contributed by atoms with Gasteiger partial charge in [0.05, 0.1) is 0 Å². The second-order valence-corrected chi connectivity index (χ2v) is 4.25. The molecule has 0 unspecified atom stereocenters. The normalized spacial score (nSPS) is 9.95. The Balaban J connectivity index is 2.63. The molecule has 1 rings (SSSR count). The van der Waals surface area contributed by atoms with Gasteiger partial charge in [0.25, 0.3) is 0 Å². The van der Waals surface area contributed by atoms with Gasteiger partial charge in [0.2, 0.25) is 0 Å². The van der Waals surface area contributed by atoms with Crippen molar-refractivity contribution in [2.45, 2.75) is 26.2 Å². The van der Waals surface area contributed by atoms with Crippen molar-refractivity contribution in [1.82, 2.24) is 5.32 Å². The van der Waals surface area contributed by atoms with E-state index in [2.05, 4.69) is 12.2 Å². The van der Waals surface area contributed by atoms with Crippen LogP contribution in [-0.2, 0) is 4.79 Å². The van der Waals surface area contributed by atoms with Crippen molar-refractivity contribution in [3.05, 3.63) is 30.3 Å². The number of carbonyl (C=O) groups excluding carboxylic acids is 1. The fourth-order valence-electron chi connectivity index (χ4n) is 1.69. The number of carboxylic acid groups (broad SMARTS) is 1. The highest BCUT2D eigenvalue weighted by Gasteiger charge is 2.17. The predicted molar refractivity (Wildman–Crippen MR) is 74.3 cm³/mol. The number of urea groups is 1. The number of hydrogen-bond acceptors (Lipinski definition) is 2. The average molecular weight is 264 g/mol. The summed E-state index contributed by atoms with van der Waals surface area (Å²) in [6.07, 6.45) is 3.02. The zero-order chi connectivity index (χ0) is 14.1. The predicted octanol–water partition coefficient (Wildman–Crippen LogP) is 2.48. The van der Waals surface area contributed by atoms with Gasteiger partial charge in [-0.15, -0.1) is 0 Å². The number of nitrogens with zero attached hydrogens (tertiary/aromatic N) is 1. The Labute approximate surface area is 113 Å². The number of hydrogen-bond donors (Lipinski definition) is 2. The van der Waals surface area contributed by atoms with Crippen LogP contribution in [0.5, 0.6) is 0 Å².